The number of carbonyl (C=O) groups is 1. The van der Waals surface area contributed by atoms with Gasteiger partial charge in [-0.3, -0.25) is 4.79 Å². The second kappa shape index (κ2) is 5.00. The van der Waals surface area contributed by atoms with Gasteiger partial charge in [-0.1, -0.05) is 6.58 Å². The van der Waals surface area contributed by atoms with Crippen molar-refractivity contribution in [2.75, 3.05) is 6.54 Å². The number of carbonyl (C=O) groups excluding carboxylic acids is 1. The van der Waals surface area contributed by atoms with Crippen molar-refractivity contribution in [3.05, 3.63) is 12.7 Å². The Morgan fingerprint density at radius 3 is 2.82 bits per heavy atom. The molecule has 0 saturated heterocycles. The lowest BCUT2D eigenvalue weighted by atomic mass is 10.5. The zero-order valence-corrected chi connectivity index (χ0v) is 6.63. The SMILES string of the molecule is C=CC(=O)NCC(N)S(=O)O. The summed E-state index contributed by atoms with van der Waals surface area (Å²) in [5.74, 6) is -0.411. The number of nitrogens with two attached hydrogens (primary N) is 1. The van der Waals surface area contributed by atoms with Crippen LogP contribution in [0.5, 0.6) is 0 Å². The van der Waals surface area contributed by atoms with Gasteiger partial charge in [-0.05, 0) is 6.08 Å². The van der Waals surface area contributed by atoms with Crippen LogP contribution in [0.15, 0.2) is 12.7 Å². The minimum atomic E-state index is -2.10. The van der Waals surface area contributed by atoms with Gasteiger partial charge in [-0.2, -0.15) is 0 Å². The summed E-state index contributed by atoms with van der Waals surface area (Å²) in [7, 11) is 0. The third-order valence-electron chi connectivity index (χ3n) is 0.922. The number of amides is 1. The summed E-state index contributed by atoms with van der Waals surface area (Å²) in [6.07, 6.45) is 1.06. The van der Waals surface area contributed by atoms with E-state index in [1.807, 2.05) is 0 Å². The molecule has 4 N–H and O–H groups in total. The van der Waals surface area contributed by atoms with Crippen LogP contribution in [0.25, 0.3) is 0 Å². The molecule has 2 atom stereocenters. The first-order valence-corrected chi connectivity index (χ1v) is 4.00. The zero-order valence-electron chi connectivity index (χ0n) is 5.82. The van der Waals surface area contributed by atoms with Crippen molar-refractivity contribution in [1.29, 1.82) is 0 Å². The highest BCUT2D eigenvalue weighted by molar-refractivity contribution is 7.79. The third kappa shape index (κ3) is 4.65. The first-order chi connectivity index (χ1) is 5.07. The van der Waals surface area contributed by atoms with Gasteiger partial charge in [-0.15, -0.1) is 0 Å². The highest BCUT2D eigenvalue weighted by Gasteiger charge is 2.08. The molecule has 0 saturated carbocycles. The van der Waals surface area contributed by atoms with Crippen LogP contribution in [0.4, 0.5) is 0 Å². The Hall–Kier alpha value is -0.720. The van der Waals surface area contributed by atoms with Crippen molar-refractivity contribution in [3.8, 4) is 0 Å². The Morgan fingerprint density at radius 2 is 2.45 bits per heavy atom. The molecule has 0 spiro atoms. The molecule has 0 aliphatic carbocycles. The molecule has 0 aromatic rings. The standard InChI is InChI=1S/C5H10N2O3S/c1-2-5(8)7-3-4(6)11(9)10/h2,4H,1,3,6H2,(H,7,8)(H,9,10). The zero-order chi connectivity index (χ0) is 8.85. The molecular formula is C5H10N2O3S. The Kier molecular flexibility index (Phi) is 4.67. The van der Waals surface area contributed by atoms with Gasteiger partial charge in [0.1, 0.15) is 5.37 Å². The highest BCUT2D eigenvalue weighted by Crippen LogP contribution is 1.80. The van der Waals surface area contributed by atoms with Crippen LogP contribution in [0.2, 0.25) is 0 Å². The number of rotatable bonds is 4. The van der Waals surface area contributed by atoms with E-state index in [2.05, 4.69) is 11.9 Å². The largest absolute Gasteiger partial charge is 0.350 e. The molecule has 0 fully saturated rings. The average Bonchev–Trinajstić information content (AvgIpc) is 1.99. The van der Waals surface area contributed by atoms with E-state index in [0.29, 0.717) is 0 Å². The van der Waals surface area contributed by atoms with Crippen LogP contribution in [-0.2, 0) is 15.9 Å². The Bertz CT molecular complexity index is 183. The lowest BCUT2D eigenvalue weighted by Crippen LogP contribution is -2.39. The maximum atomic E-state index is 10.5. The van der Waals surface area contributed by atoms with Crippen LogP contribution in [0.1, 0.15) is 0 Å². The van der Waals surface area contributed by atoms with Gasteiger partial charge in [0.05, 0.1) is 0 Å². The van der Waals surface area contributed by atoms with Gasteiger partial charge in [0, 0.05) is 6.54 Å². The predicted octanol–water partition coefficient (Wildman–Crippen LogP) is -1.20. The summed E-state index contributed by atoms with van der Waals surface area (Å²) < 4.78 is 18.6. The molecule has 2 unspecified atom stereocenters. The molecule has 0 heterocycles. The summed E-state index contributed by atoms with van der Waals surface area (Å²) in [5, 5.41) is 1.33. The molecule has 0 rings (SSSR count). The van der Waals surface area contributed by atoms with Crippen LogP contribution in [-0.4, -0.2) is 26.6 Å². The van der Waals surface area contributed by atoms with Crippen molar-refractivity contribution < 1.29 is 13.6 Å². The molecule has 0 aromatic carbocycles. The maximum Gasteiger partial charge on any atom is 0.243 e. The van der Waals surface area contributed by atoms with E-state index in [0.717, 1.165) is 6.08 Å². The summed E-state index contributed by atoms with van der Waals surface area (Å²) in [4.78, 5) is 10.5. The van der Waals surface area contributed by atoms with Crippen LogP contribution in [0.3, 0.4) is 0 Å². The second-order valence-corrected chi connectivity index (χ2v) is 2.92. The predicted molar refractivity (Wildman–Crippen MR) is 42.0 cm³/mol. The summed E-state index contributed by atoms with van der Waals surface area (Å²) in [6, 6.07) is 0. The van der Waals surface area contributed by atoms with Gasteiger partial charge < -0.3 is 15.6 Å². The Morgan fingerprint density at radius 1 is 1.91 bits per heavy atom. The normalized spacial score (nSPS) is 15.1. The molecule has 0 radical (unpaired) electrons. The molecule has 64 valence electrons. The minimum Gasteiger partial charge on any atom is -0.350 e. The van der Waals surface area contributed by atoms with Gasteiger partial charge in [0.2, 0.25) is 5.91 Å². The van der Waals surface area contributed by atoms with Crippen molar-refractivity contribution in [2.45, 2.75) is 5.37 Å². The van der Waals surface area contributed by atoms with Crippen LogP contribution >= 0.6 is 0 Å². The first-order valence-electron chi connectivity index (χ1n) is 2.83. The fraction of sp³-hybridized carbons (Fsp3) is 0.400. The molecule has 1 amide bonds. The van der Waals surface area contributed by atoms with Crippen LogP contribution in [0, 0.1) is 0 Å². The molecule has 11 heavy (non-hydrogen) atoms. The smallest absolute Gasteiger partial charge is 0.243 e. The summed E-state index contributed by atoms with van der Waals surface area (Å²) in [6.45, 7) is 3.16. The number of nitrogens with one attached hydrogen (secondary N) is 1. The summed E-state index contributed by atoms with van der Waals surface area (Å²) >= 11 is -2.10. The fourth-order valence-corrected chi connectivity index (χ4v) is 0.571. The second-order valence-electron chi connectivity index (χ2n) is 1.76. The van der Waals surface area contributed by atoms with Crippen molar-refractivity contribution in [1.82, 2.24) is 5.32 Å². The minimum absolute atomic E-state index is 0.0338. The number of hydrogen-bond acceptors (Lipinski definition) is 3. The highest BCUT2D eigenvalue weighted by atomic mass is 32.2. The lowest BCUT2D eigenvalue weighted by molar-refractivity contribution is -0.116. The Labute approximate surface area is 66.9 Å². The van der Waals surface area contributed by atoms with Gasteiger partial charge >= 0.3 is 0 Å². The fourth-order valence-electron chi connectivity index (χ4n) is 0.345. The third-order valence-corrected chi connectivity index (χ3v) is 1.61. The average molecular weight is 178 g/mol. The van der Waals surface area contributed by atoms with Gasteiger partial charge in [0.25, 0.3) is 0 Å². The van der Waals surface area contributed by atoms with Crippen molar-refractivity contribution in [3.63, 3.8) is 0 Å². The van der Waals surface area contributed by atoms with Crippen LogP contribution < -0.4 is 11.1 Å². The molecule has 6 heteroatoms. The summed E-state index contributed by atoms with van der Waals surface area (Å²) in [5.41, 5.74) is 5.12. The van der Waals surface area contributed by atoms with E-state index in [1.54, 1.807) is 0 Å². The van der Waals surface area contributed by atoms with E-state index in [1.165, 1.54) is 0 Å². The molecular weight excluding hydrogens is 168 g/mol. The molecule has 5 nitrogen and oxygen atoms in total. The van der Waals surface area contributed by atoms with E-state index >= 15 is 0 Å². The van der Waals surface area contributed by atoms with Crippen molar-refractivity contribution >= 4 is 17.0 Å². The molecule has 0 aliphatic rings. The number of hydrogen-bond donors (Lipinski definition) is 3. The van der Waals surface area contributed by atoms with Gasteiger partial charge in [0.15, 0.2) is 11.1 Å². The van der Waals surface area contributed by atoms with Crippen molar-refractivity contribution in [2.24, 2.45) is 5.73 Å². The molecule has 0 bridgehead atoms. The molecule has 0 aliphatic heterocycles. The topological polar surface area (TPSA) is 92.4 Å². The molecule has 0 aromatic heterocycles. The lowest BCUT2D eigenvalue weighted by Gasteiger charge is -2.06. The van der Waals surface area contributed by atoms with E-state index in [-0.39, 0.29) is 6.54 Å². The van der Waals surface area contributed by atoms with Gasteiger partial charge in [-0.25, -0.2) is 4.21 Å². The van der Waals surface area contributed by atoms with E-state index in [9.17, 15) is 9.00 Å². The monoisotopic (exact) mass is 178 g/mol. The quantitative estimate of drug-likeness (QED) is 0.372. The maximum absolute atomic E-state index is 10.5. The van der Waals surface area contributed by atoms with E-state index < -0.39 is 22.4 Å². The van der Waals surface area contributed by atoms with E-state index in [4.69, 9.17) is 10.3 Å². The first kappa shape index (κ1) is 10.3. The Balaban J connectivity index is 3.62.